The third kappa shape index (κ3) is 5.04. The maximum Gasteiger partial charge on any atom is 0.325 e. The van der Waals surface area contributed by atoms with E-state index in [1.54, 1.807) is 12.1 Å². The van der Waals surface area contributed by atoms with Crippen molar-refractivity contribution >= 4 is 17.8 Å². The number of halogens is 1. The molecule has 0 unspecified atom stereocenters. The maximum atomic E-state index is 13.1. The quantitative estimate of drug-likeness (QED) is 0.808. The highest BCUT2D eigenvalue weighted by Gasteiger charge is 2.29. The number of carbonyl (C=O) groups excluding carboxylic acids is 3. The zero-order valence-corrected chi connectivity index (χ0v) is 14.1. The molecule has 1 aliphatic heterocycles. The summed E-state index contributed by atoms with van der Waals surface area (Å²) < 4.78 is 13.1. The van der Waals surface area contributed by atoms with Crippen molar-refractivity contribution in [2.24, 2.45) is 5.41 Å². The van der Waals surface area contributed by atoms with Crippen LogP contribution in [-0.4, -0.2) is 35.8 Å². The molecular weight excluding hydrogens is 313 g/mol. The van der Waals surface area contributed by atoms with Crippen molar-refractivity contribution < 1.29 is 18.8 Å². The number of rotatable bonds is 5. The fourth-order valence-electron chi connectivity index (χ4n) is 2.58. The van der Waals surface area contributed by atoms with E-state index in [4.69, 9.17) is 0 Å². The van der Waals surface area contributed by atoms with Gasteiger partial charge in [0, 0.05) is 0 Å². The molecule has 7 heteroatoms. The van der Waals surface area contributed by atoms with Gasteiger partial charge in [-0.25, -0.2) is 9.18 Å². The molecular formula is C17H22FN3O3. The van der Waals surface area contributed by atoms with E-state index >= 15 is 0 Å². The number of nitrogens with one attached hydrogen (secondary N) is 2. The number of amides is 4. The first-order valence-corrected chi connectivity index (χ1v) is 7.78. The fourth-order valence-corrected chi connectivity index (χ4v) is 2.58. The fraction of sp³-hybridized carbons (Fsp3) is 0.471. The summed E-state index contributed by atoms with van der Waals surface area (Å²) in [7, 11) is 0. The molecule has 1 aromatic rings. The minimum absolute atomic E-state index is 0.0622. The topological polar surface area (TPSA) is 78.5 Å². The van der Waals surface area contributed by atoms with Crippen LogP contribution in [0.5, 0.6) is 0 Å². The Balaban J connectivity index is 2.07. The Morgan fingerprint density at radius 3 is 2.42 bits per heavy atom. The van der Waals surface area contributed by atoms with E-state index in [1.807, 2.05) is 20.8 Å². The van der Waals surface area contributed by atoms with Crippen molar-refractivity contribution in [1.29, 1.82) is 0 Å². The molecule has 0 aliphatic carbocycles. The Labute approximate surface area is 140 Å². The van der Waals surface area contributed by atoms with Gasteiger partial charge in [-0.1, -0.05) is 32.9 Å². The molecule has 130 valence electrons. The van der Waals surface area contributed by atoms with Crippen LogP contribution in [0.2, 0.25) is 0 Å². The van der Waals surface area contributed by atoms with E-state index in [0.29, 0.717) is 6.42 Å². The van der Waals surface area contributed by atoms with Gasteiger partial charge in [0.25, 0.3) is 0 Å². The highest BCUT2D eigenvalue weighted by molar-refractivity contribution is 6.03. The number of benzene rings is 1. The van der Waals surface area contributed by atoms with Gasteiger partial charge in [0.15, 0.2) is 0 Å². The van der Waals surface area contributed by atoms with Crippen molar-refractivity contribution in [3.63, 3.8) is 0 Å². The predicted octanol–water partition coefficient (Wildman–Crippen LogP) is 1.97. The van der Waals surface area contributed by atoms with E-state index in [0.717, 1.165) is 10.5 Å². The van der Waals surface area contributed by atoms with Crippen molar-refractivity contribution in [3.8, 4) is 0 Å². The number of urea groups is 1. The number of carbonyl (C=O) groups is 3. The van der Waals surface area contributed by atoms with E-state index in [9.17, 15) is 18.8 Å². The van der Waals surface area contributed by atoms with Crippen LogP contribution < -0.4 is 10.6 Å². The number of hydrogen-bond acceptors (Lipinski definition) is 3. The van der Waals surface area contributed by atoms with Crippen LogP contribution >= 0.6 is 0 Å². The van der Waals surface area contributed by atoms with Gasteiger partial charge in [-0.3, -0.25) is 14.9 Å². The Kier molecular flexibility index (Phi) is 5.21. The van der Waals surface area contributed by atoms with Gasteiger partial charge in [-0.2, -0.15) is 0 Å². The lowest BCUT2D eigenvalue weighted by Gasteiger charge is -2.28. The van der Waals surface area contributed by atoms with Crippen LogP contribution in [0.3, 0.4) is 0 Å². The lowest BCUT2D eigenvalue weighted by Crippen LogP contribution is -2.41. The molecule has 0 saturated carbocycles. The average Bonchev–Trinajstić information content (AvgIpc) is 2.75. The summed E-state index contributed by atoms with van der Waals surface area (Å²) in [5, 5.41) is 5.01. The molecule has 6 nitrogen and oxygen atoms in total. The maximum absolute atomic E-state index is 13.1. The number of hydrogen-bond donors (Lipinski definition) is 2. The SMILES string of the molecule is CC(C)(C)C[C@H](NC(=O)CN1CC(=O)NC1=O)c1ccc(F)cc1. The van der Waals surface area contributed by atoms with Crippen molar-refractivity contribution in [2.45, 2.75) is 33.2 Å². The molecule has 0 aromatic heterocycles. The molecule has 24 heavy (non-hydrogen) atoms. The zero-order chi connectivity index (χ0) is 17.9. The smallest absolute Gasteiger partial charge is 0.325 e. The highest BCUT2D eigenvalue weighted by Crippen LogP contribution is 2.29. The second-order valence-electron chi connectivity index (χ2n) is 7.15. The molecule has 1 aromatic carbocycles. The number of imide groups is 1. The average molecular weight is 335 g/mol. The third-order valence-corrected chi connectivity index (χ3v) is 3.63. The van der Waals surface area contributed by atoms with Gasteiger partial charge in [-0.05, 0) is 29.5 Å². The summed E-state index contributed by atoms with van der Waals surface area (Å²) in [6.45, 7) is 5.82. The van der Waals surface area contributed by atoms with Crippen LogP contribution in [-0.2, 0) is 9.59 Å². The molecule has 0 radical (unpaired) electrons. The van der Waals surface area contributed by atoms with E-state index in [2.05, 4.69) is 10.6 Å². The summed E-state index contributed by atoms with van der Waals surface area (Å²) in [4.78, 5) is 36.1. The van der Waals surface area contributed by atoms with Gasteiger partial charge in [0.05, 0.1) is 6.04 Å². The molecule has 4 amide bonds. The van der Waals surface area contributed by atoms with E-state index in [-0.39, 0.29) is 36.3 Å². The van der Waals surface area contributed by atoms with E-state index < -0.39 is 11.9 Å². The van der Waals surface area contributed by atoms with Crippen molar-refractivity contribution in [2.75, 3.05) is 13.1 Å². The van der Waals surface area contributed by atoms with Crippen molar-refractivity contribution in [1.82, 2.24) is 15.5 Å². The summed E-state index contributed by atoms with van der Waals surface area (Å²) in [6.07, 6.45) is 0.648. The lowest BCUT2D eigenvalue weighted by atomic mass is 9.85. The minimum atomic E-state index is -0.565. The molecule has 1 saturated heterocycles. The molecule has 2 N–H and O–H groups in total. The monoisotopic (exact) mass is 335 g/mol. The Bertz CT molecular complexity index is 637. The Hall–Kier alpha value is -2.44. The van der Waals surface area contributed by atoms with Crippen LogP contribution in [0.4, 0.5) is 9.18 Å². The first-order valence-electron chi connectivity index (χ1n) is 7.78. The number of nitrogens with zero attached hydrogens (tertiary/aromatic N) is 1. The summed E-state index contributed by atoms with van der Waals surface area (Å²) in [5.41, 5.74) is 0.731. The largest absolute Gasteiger partial charge is 0.348 e. The van der Waals surface area contributed by atoms with Crippen LogP contribution in [0.1, 0.15) is 38.8 Å². The van der Waals surface area contributed by atoms with Crippen LogP contribution in [0.25, 0.3) is 0 Å². The molecule has 1 aliphatic rings. The van der Waals surface area contributed by atoms with E-state index in [1.165, 1.54) is 12.1 Å². The minimum Gasteiger partial charge on any atom is -0.348 e. The molecule has 0 bridgehead atoms. The predicted molar refractivity (Wildman–Crippen MR) is 86.5 cm³/mol. The zero-order valence-electron chi connectivity index (χ0n) is 14.1. The first-order chi connectivity index (χ1) is 11.1. The highest BCUT2D eigenvalue weighted by atomic mass is 19.1. The standard InChI is InChI=1S/C17H22FN3O3/c1-17(2,3)8-13(11-4-6-12(18)7-5-11)19-14(22)9-21-10-15(23)20-16(21)24/h4-7,13H,8-10H2,1-3H3,(H,19,22)(H,20,23,24)/t13-/m0/s1. The van der Waals surface area contributed by atoms with Crippen LogP contribution in [0.15, 0.2) is 24.3 Å². The molecule has 1 atom stereocenters. The Morgan fingerprint density at radius 2 is 1.92 bits per heavy atom. The summed E-state index contributed by atoms with van der Waals surface area (Å²) in [5.74, 6) is -1.12. The van der Waals surface area contributed by atoms with Gasteiger partial charge >= 0.3 is 6.03 Å². The van der Waals surface area contributed by atoms with Gasteiger partial charge < -0.3 is 10.2 Å². The Morgan fingerprint density at radius 1 is 1.29 bits per heavy atom. The molecule has 2 rings (SSSR count). The van der Waals surface area contributed by atoms with Gasteiger partial charge in [0.1, 0.15) is 18.9 Å². The molecule has 0 spiro atoms. The molecule has 1 fully saturated rings. The summed E-state index contributed by atoms with van der Waals surface area (Å²) in [6, 6.07) is 5.10. The van der Waals surface area contributed by atoms with Crippen LogP contribution in [0, 0.1) is 11.2 Å². The normalized spacial score (nSPS) is 16.1. The second-order valence-corrected chi connectivity index (χ2v) is 7.15. The lowest BCUT2D eigenvalue weighted by molar-refractivity contribution is -0.122. The van der Waals surface area contributed by atoms with Crippen molar-refractivity contribution in [3.05, 3.63) is 35.6 Å². The third-order valence-electron chi connectivity index (χ3n) is 3.63. The second kappa shape index (κ2) is 6.98. The van der Waals surface area contributed by atoms with Gasteiger partial charge in [0.2, 0.25) is 11.8 Å². The van der Waals surface area contributed by atoms with Gasteiger partial charge in [-0.15, -0.1) is 0 Å². The molecule has 1 heterocycles. The first kappa shape index (κ1) is 17.9. The summed E-state index contributed by atoms with van der Waals surface area (Å²) >= 11 is 0.